The standard InChI is InChI=1S/C20H23N3O/c1-12(2)15-7-5-6-8-16(15)17-9-14-11-21-20(22-13(3)4)23-18(14)10-19(17)24/h5-13,24H,1-4H3,(H,21,22,23). The summed E-state index contributed by atoms with van der Waals surface area (Å²) < 4.78 is 0. The van der Waals surface area contributed by atoms with E-state index in [0.717, 1.165) is 22.0 Å². The Hall–Kier alpha value is -2.62. The third kappa shape index (κ3) is 3.18. The Bertz CT molecular complexity index is 872. The molecule has 4 heteroatoms. The Kier molecular flexibility index (Phi) is 4.38. The number of phenols is 1. The quantitative estimate of drug-likeness (QED) is 0.714. The van der Waals surface area contributed by atoms with Crippen LogP contribution in [0.2, 0.25) is 0 Å². The molecular weight excluding hydrogens is 298 g/mol. The summed E-state index contributed by atoms with van der Waals surface area (Å²) in [7, 11) is 0. The van der Waals surface area contributed by atoms with E-state index in [1.807, 2.05) is 38.1 Å². The van der Waals surface area contributed by atoms with Crippen LogP contribution in [0.15, 0.2) is 42.6 Å². The molecule has 0 aliphatic rings. The molecule has 4 nitrogen and oxygen atoms in total. The lowest BCUT2D eigenvalue weighted by Crippen LogP contribution is -2.12. The summed E-state index contributed by atoms with van der Waals surface area (Å²) in [5.74, 6) is 1.20. The molecule has 0 atom stereocenters. The molecule has 2 aromatic carbocycles. The van der Waals surface area contributed by atoms with E-state index in [9.17, 15) is 5.11 Å². The minimum Gasteiger partial charge on any atom is -0.507 e. The van der Waals surface area contributed by atoms with Crippen molar-refractivity contribution in [3.63, 3.8) is 0 Å². The van der Waals surface area contributed by atoms with Crippen LogP contribution in [0, 0.1) is 0 Å². The van der Waals surface area contributed by atoms with Gasteiger partial charge in [-0.05, 0) is 37.0 Å². The van der Waals surface area contributed by atoms with Crippen LogP contribution in [0.5, 0.6) is 5.75 Å². The number of fused-ring (bicyclic) bond motifs is 1. The summed E-state index contributed by atoms with van der Waals surface area (Å²) in [6.07, 6.45) is 1.80. The Labute approximate surface area is 142 Å². The molecule has 24 heavy (non-hydrogen) atoms. The molecule has 3 rings (SSSR count). The Morgan fingerprint density at radius 3 is 2.46 bits per heavy atom. The third-order valence-corrected chi connectivity index (χ3v) is 3.99. The number of rotatable bonds is 4. The molecule has 1 heterocycles. The lowest BCUT2D eigenvalue weighted by molar-refractivity contribution is 0.478. The molecule has 0 aliphatic heterocycles. The van der Waals surface area contributed by atoms with Gasteiger partial charge in [-0.15, -0.1) is 0 Å². The maximum Gasteiger partial charge on any atom is 0.223 e. The van der Waals surface area contributed by atoms with Gasteiger partial charge in [-0.2, -0.15) is 0 Å². The first-order valence-electron chi connectivity index (χ1n) is 8.31. The molecule has 0 spiro atoms. The predicted molar refractivity (Wildman–Crippen MR) is 99.5 cm³/mol. The number of phenolic OH excluding ortho intramolecular Hbond substituents is 1. The molecule has 3 aromatic rings. The molecule has 124 valence electrons. The van der Waals surface area contributed by atoms with E-state index in [1.165, 1.54) is 5.56 Å². The van der Waals surface area contributed by atoms with Crippen molar-refractivity contribution in [3.8, 4) is 16.9 Å². The Morgan fingerprint density at radius 1 is 1.00 bits per heavy atom. The molecule has 0 aliphatic carbocycles. The third-order valence-electron chi connectivity index (χ3n) is 3.99. The highest BCUT2D eigenvalue weighted by atomic mass is 16.3. The normalized spacial score (nSPS) is 11.4. The van der Waals surface area contributed by atoms with Gasteiger partial charge in [0.05, 0.1) is 5.52 Å². The summed E-state index contributed by atoms with van der Waals surface area (Å²) in [6, 6.07) is 12.1. The summed E-state index contributed by atoms with van der Waals surface area (Å²) in [6.45, 7) is 8.39. The molecule has 0 fully saturated rings. The highest BCUT2D eigenvalue weighted by Gasteiger charge is 2.13. The van der Waals surface area contributed by atoms with Crippen molar-refractivity contribution in [2.45, 2.75) is 39.7 Å². The summed E-state index contributed by atoms with van der Waals surface area (Å²) in [4.78, 5) is 8.85. The zero-order valence-electron chi connectivity index (χ0n) is 14.5. The van der Waals surface area contributed by atoms with E-state index >= 15 is 0 Å². The van der Waals surface area contributed by atoms with Crippen molar-refractivity contribution in [3.05, 3.63) is 48.2 Å². The van der Waals surface area contributed by atoms with Crippen molar-refractivity contribution in [1.29, 1.82) is 0 Å². The van der Waals surface area contributed by atoms with E-state index in [-0.39, 0.29) is 11.8 Å². The predicted octanol–water partition coefficient (Wildman–Crippen LogP) is 4.95. The first kappa shape index (κ1) is 16.2. The second kappa shape index (κ2) is 6.48. The lowest BCUT2D eigenvalue weighted by atomic mass is 9.91. The van der Waals surface area contributed by atoms with E-state index in [2.05, 4.69) is 35.2 Å². The van der Waals surface area contributed by atoms with Crippen LogP contribution in [0.25, 0.3) is 22.0 Å². The van der Waals surface area contributed by atoms with Gasteiger partial charge < -0.3 is 10.4 Å². The first-order valence-corrected chi connectivity index (χ1v) is 8.31. The monoisotopic (exact) mass is 321 g/mol. The molecule has 0 unspecified atom stereocenters. The van der Waals surface area contributed by atoms with Crippen molar-refractivity contribution in [2.75, 3.05) is 5.32 Å². The first-order chi connectivity index (χ1) is 11.5. The minimum absolute atomic E-state index is 0.241. The molecule has 0 bridgehead atoms. The van der Waals surface area contributed by atoms with Crippen molar-refractivity contribution < 1.29 is 5.11 Å². The highest BCUT2D eigenvalue weighted by Crippen LogP contribution is 2.37. The zero-order chi connectivity index (χ0) is 17.3. The zero-order valence-corrected chi connectivity index (χ0v) is 14.5. The van der Waals surface area contributed by atoms with Crippen molar-refractivity contribution in [1.82, 2.24) is 9.97 Å². The van der Waals surface area contributed by atoms with Gasteiger partial charge in [0.25, 0.3) is 0 Å². The number of anilines is 1. The highest BCUT2D eigenvalue weighted by molar-refractivity contribution is 5.89. The van der Waals surface area contributed by atoms with Gasteiger partial charge in [0, 0.05) is 29.3 Å². The van der Waals surface area contributed by atoms with Crippen LogP contribution in [-0.4, -0.2) is 21.1 Å². The minimum atomic E-state index is 0.241. The van der Waals surface area contributed by atoms with Crippen LogP contribution in [0.3, 0.4) is 0 Å². The maximum absolute atomic E-state index is 10.6. The molecular formula is C20H23N3O. The van der Waals surface area contributed by atoms with Crippen LogP contribution in [0.1, 0.15) is 39.2 Å². The fraction of sp³-hybridized carbons (Fsp3) is 0.300. The second-order valence-electron chi connectivity index (χ2n) is 6.66. The number of benzene rings is 2. The average Bonchev–Trinajstić information content (AvgIpc) is 2.53. The number of hydrogen-bond donors (Lipinski definition) is 2. The van der Waals surface area contributed by atoms with Gasteiger partial charge in [0.1, 0.15) is 5.75 Å². The van der Waals surface area contributed by atoms with Crippen LogP contribution < -0.4 is 5.32 Å². The topological polar surface area (TPSA) is 58.0 Å². The van der Waals surface area contributed by atoms with E-state index in [0.29, 0.717) is 11.9 Å². The van der Waals surface area contributed by atoms with Gasteiger partial charge in [-0.3, -0.25) is 0 Å². The summed E-state index contributed by atoms with van der Waals surface area (Å²) in [5, 5.41) is 14.7. The number of nitrogens with zero attached hydrogens (tertiary/aromatic N) is 2. The van der Waals surface area contributed by atoms with Gasteiger partial charge in [0.15, 0.2) is 0 Å². The SMILES string of the molecule is CC(C)Nc1ncc2cc(-c3ccccc3C(C)C)c(O)cc2n1. The molecule has 0 amide bonds. The van der Waals surface area contributed by atoms with Gasteiger partial charge in [-0.25, -0.2) is 9.97 Å². The molecule has 0 radical (unpaired) electrons. The molecule has 0 saturated carbocycles. The van der Waals surface area contributed by atoms with Crippen molar-refractivity contribution >= 4 is 16.9 Å². The van der Waals surface area contributed by atoms with E-state index in [1.54, 1.807) is 12.3 Å². The van der Waals surface area contributed by atoms with Crippen molar-refractivity contribution in [2.24, 2.45) is 0 Å². The molecule has 2 N–H and O–H groups in total. The van der Waals surface area contributed by atoms with Crippen LogP contribution in [-0.2, 0) is 0 Å². The fourth-order valence-corrected chi connectivity index (χ4v) is 2.86. The van der Waals surface area contributed by atoms with Gasteiger partial charge in [-0.1, -0.05) is 38.1 Å². The Balaban J connectivity index is 2.12. The van der Waals surface area contributed by atoms with Crippen LogP contribution >= 0.6 is 0 Å². The number of aromatic hydroxyl groups is 1. The number of hydrogen-bond acceptors (Lipinski definition) is 4. The maximum atomic E-state index is 10.6. The summed E-state index contributed by atoms with van der Waals surface area (Å²) >= 11 is 0. The van der Waals surface area contributed by atoms with Gasteiger partial charge >= 0.3 is 0 Å². The van der Waals surface area contributed by atoms with Gasteiger partial charge in [0.2, 0.25) is 5.95 Å². The lowest BCUT2D eigenvalue weighted by Gasteiger charge is -2.15. The molecule has 1 aromatic heterocycles. The van der Waals surface area contributed by atoms with E-state index < -0.39 is 0 Å². The Morgan fingerprint density at radius 2 is 1.75 bits per heavy atom. The largest absolute Gasteiger partial charge is 0.507 e. The van der Waals surface area contributed by atoms with E-state index in [4.69, 9.17) is 0 Å². The second-order valence-corrected chi connectivity index (χ2v) is 6.66. The average molecular weight is 321 g/mol. The smallest absolute Gasteiger partial charge is 0.223 e. The molecule has 0 saturated heterocycles. The fourth-order valence-electron chi connectivity index (χ4n) is 2.86. The number of nitrogens with one attached hydrogen (secondary N) is 1. The van der Waals surface area contributed by atoms with Crippen LogP contribution in [0.4, 0.5) is 5.95 Å². The summed E-state index contributed by atoms with van der Waals surface area (Å²) in [5.41, 5.74) is 3.82. The number of aromatic nitrogens is 2.